The smallest absolute Gasteiger partial charge is 0.270 e. The molecule has 3 N–H and O–H groups in total. The van der Waals surface area contributed by atoms with Crippen molar-refractivity contribution in [2.24, 2.45) is 5.92 Å². The average molecular weight is 337 g/mol. The molecule has 3 rings (SSSR count). The number of aromatic nitrogens is 3. The first-order valence-corrected chi connectivity index (χ1v) is 8.02. The third-order valence-electron chi connectivity index (χ3n) is 3.76. The zero-order chi connectivity index (χ0) is 17.8. The lowest BCUT2D eigenvalue weighted by Gasteiger charge is -2.20. The van der Waals surface area contributed by atoms with E-state index in [4.69, 9.17) is 0 Å². The maximum Gasteiger partial charge on any atom is 0.270 e. The van der Waals surface area contributed by atoms with Gasteiger partial charge in [-0.3, -0.25) is 19.9 Å². The second-order valence-corrected chi connectivity index (χ2v) is 6.00. The van der Waals surface area contributed by atoms with Gasteiger partial charge < -0.3 is 10.3 Å². The summed E-state index contributed by atoms with van der Waals surface area (Å²) in [6.07, 6.45) is 1.54. The fraction of sp³-hybridized carbons (Fsp3) is 0.222. The highest BCUT2D eigenvalue weighted by Gasteiger charge is 2.25. The summed E-state index contributed by atoms with van der Waals surface area (Å²) in [5.74, 6) is -0.474. The molecule has 0 fully saturated rings. The molecule has 0 radical (unpaired) electrons. The molecule has 128 valence electrons. The summed E-state index contributed by atoms with van der Waals surface area (Å²) in [5, 5.41) is 5.46. The molecule has 0 aliphatic heterocycles. The van der Waals surface area contributed by atoms with Crippen LogP contribution < -0.4 is 10.6 Å². The Labute approximate surface area is 144 Å². The van der Waals surface area contributed by atoms with Crippen LogP contribution >= 0.6 is 0 Å². The van der Waals surface area contributed by atoms with Gasteiger partial charge in [0.05, 0.1) is 11.0 Å². The van der Waals surface area contributed by atoms with Gasteiger partial charge in [-0.25, -0.2) is 4.98 Å². The van der Waals surface area contributed by atoms with Gasteiger partial charge in [0.2, 0.25) is 11.9 Å². The molecule has 0 saturated heterocycles. The zero-order valence-electron chi connectivity index (χ0n) is 14.0. The molecule has 3 aromatic rings. The topological polar surface area (TPSA) is 99.8 Å². The summed E-state index contributed by atoms with van der Waals surface area (Å²) >= 11 is 0. The summed E-state index contributed by atoms with van der Waals surface area (Å²) in [7, 11) is 0. The third-order valence-corrected chi connectivity index (χ3v) is 3.76. The van der Waals surface area contributed by atoms with Gasteiger partial charge in [0.1, 0.15) is 11.7 Å². The van der Waals surface area contributed by atoms with E-state index in [2.05, 4.69) is 25.6 Å². The number of fused-ring (bicyclic) bond motifs is 1. The molecule has 7 nitrogen and oxygen atoms in total. The number of carbonyl (C=O) groups excluding carboxylic acids is 2. The molecule has 1 atom stereocenters. The van der Waals surface area contributed by atoms with Crippen LogP contribution in [-0.4, -0.2) is 32.8 Å². The first kappa shape index (κ1) is 16.6. The zero-order valence-corrected chi connectivity index (χ0v) is 14.0. The summed E-state index contributed by atoms with van der Waals surface area (Å²) in [6.45, 7) is 3.73. The van der Waals surface area contributed by atoms with Crippen LogP contribution in [0.1, 0.15) is 24.3 Å². The van der Waals surface area contributed by atoms with Crippen molar-refractivity contribution in [3.8, 4) is 0 Å². The van der Waals surface area contributed by atoms with Gasteiger partial charge in [0.25, 0.3) is 5.91 Å². The van der Waals surface area contributed by atoms with E-state index < -0.39 is 6.04 Å². The predicted octanol–water partition coefficient (Wildman–Crippen LogP) is 2.35. The molecule has 25 heavy (non-hydrogen) atoms. The summed E-state index contributed by atoms with van der Waals surface area (Å²) in [4.78, 5) is 36.2. The van der Waals surface area contributed by atoms with Crippen LogP contribution in [0.3, 0.4) is 0 Å². The fourth-order valence-electron chi connectivity index (χ4n) is 2.45. The maximum absolute atomic E-state index is 12.6. The number of nitrogens with one attached hydrogen (secondary N) is 3. The molecule has 0 unspecified atom stereocenters. The molecule has 0 aliphatic rings. The van der Waals surface area contributed by atoms with Crippen LogP contribution in [0.5, 0.6) is 0 Å². The Hall–Kier alpha value is -3.22. The third kappa shape index (κ3) is 3.82. The molecular weight excluding hydrogens is 318 g/mol. The van der Waals surface area contributed by atoms with Gasteiger partial charge in [0.15, 0.2) is 0 Å². The van der Waals surface area contributed by atoms with Crippen LogP contribution in [0.4, 0.5) is 5.95 Å². The number of amides is 2. The van der Waals surface area contributed by atoms with Crippen molar-refractivity contribution in [1.29, 1.82) is 0 Å². The SMILES string of the molecule is CC(C)[C@@H](NC(=O)c1ccccn1)C(=O)Nc1nc2ccccc2[nH]1. The van der Waals surface area contributed by atoms with Gasteiger partial charge in [-0.15, -0.1) is 0 Å². The first-order chi connectivity index (χ1) is 12.0. The first-order valence-electron chi connectivity index (χ1n) is 8.02. The van der Waals surface area contributed by atoms with E-state index in [0.717, 1.165) is 11.0 Å². The van der Waals surface area contributed by atoms with Crippen molar-refractivity contribution < 1.29 is 9.59 Å². The number of benzene rings is 1. The number of aromatic amines is 1. The van der Waals surface area contributed by atoms with Gasteiger partial charge in [-0.1, -0.05) is 32.0 Å². The Kier molecular flexibility index (Phi) is 4.74. The van der Waals surface area contributed by atoms with E-state index in [9.17, 15) is 9.59 Å². The molecule has 0 saturated carbocycles. The van der Waals surface area contributed by atoms with E-state index >= 15 is 0 Å². The normalized spacial score (nSPS) is 12.1. The standard InChI is InChI=1S/C18H19N5O2/c1-11(2)15(22-16(24)14-9-5-6-10-19-14)17(25)23-18-20-12-7-3-4-8-13(12)21-18/h3-11,15H,1-2H3,(H,22,24)(H2,20,21,23,25)/t15-/m1/s1. The second kappa shape index (κ2) is 7.12. The summed E-state index contributed by atoms with van der Waals surface area (Å²) in [6, 6.07) is 11.8. The van der Waals surface area contributed by atoms with Gasteiger partial charge in [-0.05, 0) is 30.2 Å². The molecular formula is C18H19N5O2. The maximum atomic E-state index is 12.6. The van der Waals surface area contributed by atoms with Crippen molar-refractivity contribution >= 4 is 28.8 Å². The Morgan fingerprint density at radius 3 is 2.52 bits per heavy atom. The number of H-pyrrole nitrogens is 1. The minimum absolute atomic E-state index is 0.1000. The number of nitrogens with zero attached hydrogens (tertiary/aromatic N) is 2. The Morgan fingerprint density at radius 1 is 1.08 bits per heavy atom. The Bertz CT molecular complexity index is 856. The van der Waals surface area contributed by atoms with Crippen molar-refractivity contribution in [2.45, 2.75) is 19.9 Å². The average Bonchev–Trinajstić information content (AvgIpc) is 3.02. The van der Waals surface area contributed by atoms with Gasteiger partial charge >= 0.3 is 0 Å². The number of para-hydroxylation sites is 2. The van der Waals surface area contributed by atoms with Gasteiger partial charge in [-0.2, -0.15) is 0 Å². The molecule has 2 aromatic heterocycles. The van der Waals surface area contributed by atoms with Crippen LogP contribution in [0.15, 0.2) is 48.7 Å². The fourth-order valence-corrected chi connectivity index (χ4v) is 2.45. The van der Waals surface area contributed by atoms with E-state index in [1.165, 1.54) is 6.20 Å². The Morgan fingerprint density at radius 2 is 1.84 bits per heavy atom. The number of imidazole rings is 1. The lowest BCUT2D eigenvalue weighted by molar-refractivity contribution is -0.118. The molecule has 1 aromatic carbocycles. The molecule has 0 aliphatic carbocycles. The highest BCUT2D eigenvalue weighted by Crippen LogP contribution is 2.14. The largest absolute Gasteiger partial charge is 0.339 e. The van der Waals surface area contributed by atoms with E-state index in [0.29, 0.717) is 5.95 Å². The number of pyridine rings is 1. The molecule has 0 spiro atoms. The molecule has 2 heterocycles. The summed E-state index contributed by atoms with van der Waals surface area (Å²) in [5.41, 5.74) is 1.86. The van der Waals surface area contributed by atoms with Crippen LogP contribution in [-0.2, 0) is 4.79 Å². The molecule has 0 bridgehead atoms. The van der Waals surface area contributed by atoms with E-state index in [1.807, 2.05) is 38.1 Å². The van der Waals surface area contributed by atoms with Crippen molar-refractivity contribution in [1.82, 2.24) is 20.3 Å². The van der Waals surface area contributed by atoms with E-state index in [-0.39, 0.29) is 23.4 Å². The predicted molar refractivity (Wildman–Crippen MR) is 95.1 cm³/mol. The molecule has 2 amide bonds. The lowest BCUT2D eigenvalue weighted by Crippen LogP contribution is -2.47. The van der Waals surface area contributed by atoms with Crippen LogP contribution in [0.25, 0.3) is 11.0 Å². The number of anilines is 1. The second-order valence-electron chi connectivity index (χ2n) is 6.00. The molecule has 7 heteroatoms. The van der Waals surface area contributed by atoms with Gasteiger partial charge in [0, 0.05) is 6.20 Å². The minimum Gasteiger partial charge on any atom is -0.339 e. The van der Waals surface area contributed by atoms with Crippen LogP contribution in [0.2, 0.25) is 0 Å². The van der Waals surface area contributed by atoms with Crippen molar-refractivity contribution in [3.05, 3.63) is 54.4 Å². The van der Waals surface area contributed by atoms with E-state index in [1.54, 1.807) is 18.2 Å². The quantitative estimate of drug-likeness (QED) is 0.665. The summed E-state index contributed by atoms with van der Waals surface area (Å²) < 4.78 is 0. The highest BCUT2D eigenvalue weighted by molar-refractivity contribution is 6.00. The lowest BCUT2D eigenvalue weighted by atomic mass is 10.0. The number of hydrogen-bond donors (Lipinski definition) is 3. The monoisotopic (exact) mass is 337 g/mol. The Balaban J connectivity index is 1.73. The number of hydrogen-bond acceptors (Lipinski definition) is 4. The van der Waals surface area contributed by atoms with Crippen molar-refractivity contribution in [3.63, 3.8) is 0 Å². The minimum atomic E-state index is -0.706. The highest BCUT2D eigenvalue weighted by atomic mass is 16.2. The number of carbonyl (C=O) groups is 2. The van der Waals surface area contributed by atoms with Crippen LogP contribution in [0, 0.1) is 5.92 Å². The van der Waals surface area contributed by atoms with Crippen molar-refractivity contribution in [2.75, 3.05) is 5.32 Å². The number of rotatable bonds is 5.